The molecule has 2 aromatic rings. The summed E-state index contributed by atoms with van der Waals surface area (Å²) in [6.07, 6.45) is 1.18. The van der Waals surface area contributed by atoms with E-state index < -0.39 is 10.7 Å². The van der Waals surface area contributed by atoms with Gasteiger partial charge in [0.1, 0.15) is 5.82 Å². The molecular weight excluding hydrogens is 373 g/mol. The quantitative estimate of drug-likeness (QED) is 0.640. The first-order valence-electron chi connectivity index (χ1n) is 8.45. The van der Waals surface area contributed by atoms with Crippen LogP contribution in [-0.2, 0) is 0 Å². The number of thiophene rings is 1. The number of carbonyl (C=O) groups excluding carboxylic acids is 2. The molecule has 1 aromatic heterocycles. The van der Waals surface area contributed by atoms with Crippen LogP contribution in [0, 0.1) is 22.9 Å². The van der Waals surface area contributed by atoms with E-state index in [1.54, 1.807) is 11.8 Å². The number of aryl methyl sites for hydroxylation is 1. The molecule has 27 heavy (non-hydrogen) atoms. The van der Waals surface area contributed by atoms with Gasteiger partial charge in [-0.3, -0.25) is 19.7 Å². The number of nitro groups is 1. The largest absolute Gasteiger partial charge is 0.349 e. The Kier molecular flexibility index (Phi) is 5.50. The van der Waals surface area contributed by atoms with Crippen molar-refractivity contribution in [3.8, 4) is 0 Å². The Bertz CT molecular complexity index is 873. The maximum absolute atomic E-state index is 12.9. The Morgan fingerprint density at radius 1 is 1.26 bits per heavy atom. The van der Waals surface area contributed by atoms with Crippen molar-refractivity contribution < 1.29 is 18.9 Å². The SMILES string of the molecule is Cc1sc(C(=O)N2CCC(NC(=O)c3ccc(F)cc3)CC2)cc1[N+](=O)[O-]. The highest BCUT2D eigenvalue weighted by molar-refractivity contribution is 7.14. The van der Waals surface area contributed by atoms with E-state index in [1.807, 2.05) is 0 Å². The van der Waals surface area contributed by atoms with Gasteiger partial charge in [0.25, 0.3) is 17.5 Å². The topological polar surface area (TPSA) is 92.6 Å². The van der Waals surface area contributed by atoms with Crippen molar-refractivity contribution in [2.24, 2.45) is 0 Å². The van der Waals surface area contributed by atoms with Crippen LogP contribution >= 0.6 is 11.3 Å². The summed E-state index contributed by atoms with van der Waals surface area (Å²) in [5.74, 6) is -0.897. The second kappa shape index (κ2) is 7.83. The predicted molar refractivity (Wildman–Crippen MR) is 98.5 cm³/mol. The number of halogens is 1. The third kappa shape index (κ3) is 4.30. The van der Waals surface area contributed by atoms with E-state index in [9.17, 15) is 24.1 Å². The van der Waals surface area contributed by atoms with Crippen LogP contribution in [0.25, 0.3) is 0 Å². The Morgan fingerprint density at radius 2 is 1.89 bits per heavy atom. The fourth-order valence-corrected chi connectivity index (χ4v) is 3.97. The minimum absolute atomic E-state index is 0.0372. The normalized spacial score (nSPS) is 14.8. The summed E-state index contributed by atoms with van der Waals surface area (Å²) in [6, 6.07) is 6.57. The molecule has 0 radical (unpaired) electrons. The van der Waals surface area contributed by atoms with Gasteiger partial charge in [-0.25, -0.2) is 4.39 Å². The maximum Gasteiger partial charge on any atom is 0.283 e. The number of hydrogen-bond acceptors (Lipinski definition) is 5. The van der Waals surface area contributed by atoms with E-state index in [-0.39, 0.29) is 23.5 Å². The minimum Gasteiger partial charge on any atom is -0.349 e. The predicted octanol–water partition coefficient (Wildman–Crippen LogP) is 3.14. The summed E-state index contributed by atoms with van der Waals surface area (Å²) in [6.45, 7) is 2.53. The number of piperidine rings is 1. The van der Waals surface area contributed by atoms with Crippen molar-refractivity contribution in [1.29, 1.82) is 0 Å². The Morgan fingerprint density at radius 3 is 2.44 bits per heavy atom. The van der Waals surface area contributed by atoms with E-state index in [0.717, 1.165) is 11.3 Å². The molecular formula is C18H18FN3O4S. The van der Waals surface area contributed by atoms with Gasteiger partial charge in [0, 0.05) is 30.8 Å². The Labute approximate surface area is 158 Å². The van der Waals surface area contributed by atoms with Gasteiger partial charge in [-0.05, 0) is 44.0 Å². The van der Waals surface area contributed by atoms with E-state index >= 15 is 0 Å². The first kappa shape index (κ1) is 19.0. The second-order valence-corrected chi connectivity index (χ2v) is 7.61. The molecule has 3 rings (SSSR count). The molecule has 1 N–H and O–H groups in total. The molecule has 142 valence electrons. The van der Waals surface area contributed by atoms with Crippen molar-refractivity contribution in [2.75, 3.05) is 13.1 Å². The zero-order valence-electron chi connectivity index (χ0n) is 14.6. The van der Waals surface area contributed by atoms with Gasteiger partial charge in [0.2, 0.25) is 0 Å². The summed E-state index contributed by atoms with van der Waals surface area (Å²) in [7, 11) is 0. The Hall–Kier alpha value is -2.81. The van der Waals surface area contributed by atoms with Crippen LogP contribution in [0.2, 0.25) is 0 Å². The number of likely N-dealkylation sites (tertiary alicyclic amines) is 1. The molecule has 1 aliphatic heterocycles. The van der Waals surface area contributed by atoms with Gasteiger partial charge in [0.15, 0.2) is 0 Å². The molecule has 2 amide bonds. The summed E-state index contributed by atoms with van der Waals surface area (Å²) in [5.41, 5.74) is 0.348. The van der Waals surface area contributed by atoms with E-state index in [4.69, 9.17) is 0 Å². The second-order valence-electron chi connectivity index (χ2n) is 6.36. The molecule has 1 aromatic carbocycles. The molecule has 7 nitrogen and oxygen atoms in total. The number of benzene rings is 1. The molecule has 0 bridgehead atoms. The van der Waals surface area contributed by atoms with Crippen molar-refractivity contribution in [3.05, 3.63) is 61.6 Å². The lowest BCUT2D eigenvalue weighted by Crippen LogP contribution is -2.46. The highest BCUT2D eigenvalue weighted by Gasteiger charge is 2.27. The number of nitrogens with zero attached hydrogens (tertiary/aromatic N) is 2. The average molecular weight is 391 g/mol. The van der Waals surface area contributed by atoms with Crippen LogP contribution in [0.1, 0.15) is 37.7 Å². The molecule has 0 saturated carbocycles. The molecule has 9 heteroatoms. The number of amides is 2. The van der Waals surface area contributed by atoms with Gasteiger partial charge in [-0.15, -0.1) is 11.3 Å². The lowest BCUT2D eigenvalue weighted by Gasteiger charge is -2.32. The summed E-state index contributed by atoms with van der Waals surface area (Å²) in [4.78, 5) is 37.7. The third-order valence-corrected chi connectivity index (χ3v) is 5.55. The van der Waals surface area contributed by atoms with Crippen LogP contribution in [0.5, 0.6) is 0 Å². The standard InChI is InChI=1S/C18H18FN3O4S/c1-11-15(22(25)26)10-16(27-11)18(24)21-8-6-14(7-9-21)20-17(23)12-2-4-13(19)5-3-12/h2-5,10,14H,6-9H2,1H3,(H,20,23). The average Bonchev–Trinajstić information content (AvgIpc) is 3.04. The smallest absolute Gasteiger partial charge is 0.283 e. The molecule has 0 atom stereocenters. The van der Waals surface area contributed by atoms with Crippen molar-refractivity contribution in [2.45, 2.75) is 25.8 Å². The summed E-state index contributed by atoms with van der Waals surface area (Å²) >= 11 is 1.12. The van der Waals surface area contributed by atoms with E-state index in [0.29, 0.717) is 41.2 Å². The first-order chi connectivity index (χ1) is 12.8. The fraction of sp³-hybridized carbons (Fsp3) is 0.333. The number of carbonyl (C=O) groups is 2. The van der Waals surface area contributed by atoms with Crippen molar-refractivity contribution in [1.82, 2.24) is 10.2 Å². The first-order valence-corrected chi connectivity index (χ1v) is 9.27. The van der Waals surface area contributed by atoms with E-state index in [2.05, 4.69) is 5.32 Å². The van der Waals surface area contributed by atoms with Gasteiger partial charge in [0.05, 0.1) is 14.7 Å². The number of rotatable bonds is 4. The maximum atomic E-state index is 12.9. The van der Waals surface area contributed by atoms with Gasteiger partial charge < -0.3 is 10.2 Å². The Balaban J connectivity index is 1.56. The van der Waals surface area contributed by atoms with Crippen LogP contribution in [0.3, 0.4) is 0 Å². The molecule has 1 saturated heterocycles. The van der Waals surface area contributed by atoms with Crippen LogP contribution in [-0.4, -0.2) is 40.8 Å². The monoisotopic (exact) mass is 391 g/mol. The van der Waals surface area contributed by atoms with Crippen molar-refractivity contribution >= 4 is 28.8 Å². The van der Waals surface area contributed by atoms with Gasteiger partial charge in [-0.1, -0.05) is 0 Å². The summed E-state index contributed by atoms with van der Waals surface area (Å²) < 4.78 is 12.9. The van der Waals surface area contributed by atoms with Crippen LogP contribution in [0.4, 0.5) is 10.1 Å². The van der Waals surface area contributed by atoms with Gasteiger partial charge in [-0.2, -0.15) is 0 Å². The lowest BCUT2D eigenvalue weighted by atomic mass is 10.0. The van der Waals surface area contributed by atoms with Gasteiger partial charge >= 0.3 is 0 Å². The molecule has 0 aliphatic carbocycles. The molecule has 0 unspecified atom stereocenters. The van der Waals surface area contributed by atoms with Crippen molar-refractivity contribution in [3.63, 3.8) is 0 Å². The minimum atomic E-state index is -0.486. The third-order valence-electron chi connectivity index (χ3n) is 4.52. The van der Waals surface area contributed by atoms with E-state index in [1.165, 1.54) is 30.3 Å². The fourth-order valence-electron chi connectivity index (χ4n) is 3.01. The highest BCUT2D eigenvalue weighted by atomic mass is 32.1. The van der Waals surface area contributed by atoms with Crippen LogP contribution in [0.15, 0.2) is 30.3 Å². The lowest BCUT2D eigenvalue weighted by molar-refractivity contribution is -0.385. The summed E-state index contributed by atoms with van der Waals surface area (Å²) in [5, 5.41) is 13.8. The molecule has 2 heterocycles. The zero-order chi connectivity index (χ0) is 19.6. The van der Waals surface area contributed by atoms with Crippen LogP contribution < -0.4 is 5.32 Å². The highest BCUT2D eigenvalue weighted by Crippen LogP contribution is 2.29. The molecule has 1 fully saturated rings. The zero-order valence-corrected chi connectivity index (χ0v) is 15.4. The number of hydrogen-bond donors (Lipinski definition) is 1. The number of nitrogens with one attached hydrogen (secondary N) is 1. The molecule has 1 aliphatic rings. The molecule has 0 spiro atoms.